The van der Waals surface area contributed by atoms with Crippen molar-refractivity contribution < 1.29 is 0 Å². The van der Waals surface area contributed by atoms with Crippen molar-refractivity contribution >= 4 is 30.1 Å². The van der Waals surface area contributed by atoms with Crippen LogP contribution in [0.2, 0.25) is 5.02 Å². The summed E-state index contributed by atoms with van der Waals surface area (Å²) in [5.74, 6) is 0. The summed E-state index contributed by atoms with van der Waals surface area (Å²) >= 11 is 5.87. The number of hydrogen-bond donors (Lipinski definition) is 1. The second kappa shape index (κ2) is 10.3. The molecule has 1 aromatic rings. The van der Waals surface area contributed by atoms with Gasteiger partial charge < -0.3 is 5.32 Å². The first-order chi connectivity index (χ1) is 9.34. The molecule has 112 valence electrons. The Balaban J connectivity index is 0.00000200. The summed E-state index contributed by atoms with van der Waals surface area (Å²) in [6.07, 6.45) is 14.1. The third kappa shape index (κ3) is 6.78. The molecule has 0 heterocycles. The van der Waals surface area contributed by atoms with E-state index < -0.39 is 0 Å². The van der Waals surface area contributed by atoms with Crippen LogP contribution in [0.25, 0.3) is 6.08 Å². The van der Waals surface area contributed by atoms with E-state index in [0.29, 0.717) is 0 Å². The second-order valence-corrected chi connectivity index (χ2v) is 5.84. The van der Waals surface area contributed by atoms with E-state index in [-0.39, 0.29) is 12.4 Å². The standard InChI is InChI=1S/C17H24ClN.ClH/c18-16-12-10-15(11-13-16)7-6-14-19-17-8-4-2-1-3-5-9-17;/h6-7,10-13,17,19H,1-5,8-9,14H2;1H/b7-6+;. The highest BCUT2D eigenvalue weighted by molar-refractivity contribution is 6.30. The van der Waals surface area contributed by atoms with Crippen molar-refractivity contribution in [3.63, 3.8) is 0 Å². The predicted molar refractivity (Wildman–Crippen MR) is 91.8 cm³/mol. The molecule has 1 aliphatic rings. The summed E-state index contributed by atoms with van der Waals surface area (Å²) in [5, 5.41) is 4.45. The smallest absolute Gasteiger partial charge is 0.0406 e. The zero-order valence-electron chi connectivity index (χ0n) is 12.0. The molecule has 1 aromatic carbocycles. The van der Waals surface area contributed by atoms with Crippen LogP contribution in [0.1, 0.15) is 50.5 Å². The highest BCUT2D eigenvalue weighted by atomic mass is 35.5. The van der Waals surface area contributed by atoms with Crippen LogP contribution in [0.5, 0.6) is 0 Å². The van der Waals surface area contributed by atoms with E-state index >= 15 is 0 Å². The van der Waals surface area contributed by atoms with E-state index in [0.717, 1.165) is 17.6 Å². The van der Waals surface area contributed by atoms with Gasteiger partial charge in [-0.05, 0) is 30.5 Å². The van der Waals surface area contributed by atoms with Gasteiger partial charge in [-0.3, -0.25) is 0 Å². The molecule has 1 aliphatic carbocycles. The fourth-order valence-electron chi connectivity index (χ4n) is 2.66. The molecule has 0 unspecified atom stereocenters. The number of nitrogens with one attached hydrogen (secondary N) is 1. The number of rotatable bonds is 4. The molecule has 0 aliphatic heterocycles. The van der Waals surface area contributed by atoms with Gasteiger partial charge in [-0.1, -0.05) is 68.0 Å². The lowest BCUT2D eigenvalue weighted by Crippen LogP contribution is -2.29. The first-order valence-corrected chi connectivity index (χ1v) is 7.88. The van der Waals surface area contributed by atoms with Crippen molar-refractivity contribution in [1.29, 1.82) is 0 Å². The Morgan fingerprint density at radius 1 is 1.00 bits per heavy atom. The van der Waals surface area contributed by atoms with Gasteiger partial charge in [0.15, 0.2) is 0 Å². The minimum atomic E-state index is 0. The Bertz CT molecular complexity index is 378. The molecular weight excluding hydrogens is 289 g/mol. The minimum absolute atomic E-state index is 0. The summed E-state index contributed by atoms with van der Waals surface area (Å²) in [6.45, 7) is 0.966. The lowest BCUT2D eigenvalue weighted by molar-refractivity contribution is 0.401. The van der Waals surface area contributed by atoms with Crippen LogP contribution in [-0.4, -0.2) is 12.6 Å². The van der Waals surface area contributed by atoms with Crippen molar-refractivity contribution in [3.05, 3.63) is 40.9 Å². The Hall–Kier alpha value is -0.500. The third-order valence-electron chi connectivity index (χ3n) is 3.81. The van der Waals surface area contributed by atoms with Crippen molar-refractivity contribution in [3.8, 4) is 0 Å². The molecule has 3 heteroatoms. The summed E-state index contributed by atoms with van der Waals surface area (Å²) in [6, 6.07) is 8.69. The SMILES string of the molecule is Cl.Clc1ccc(/C=C/CNC2CCCCCCC2)cc1. The third-order valence-corrected chi connectivity index (χ3v) is 4.06. The molecule has 0 saturated heterocycles. The highest BCUT2D eigenvalue weighted by Crippen LogP contribution is 2.17. The van der Waals surface area contributed by atoms with E-state index in [1.165, 1.54) is 50.5 Å². The average molecular weight is 314 g/mol. The van der Waals surface area contributed by atoms with Gasteiger partial charge in [0, 0.05) is 17.6 Å². The van der Waals surface area contributed by atoms with Gasteiger partial charge >= 0.3 is 0 Å². The topological polar surface area (TPSA) is 12.0 Å². The lowest BCUT2D eigenvalue weighted by Gasteiger charge is -2.20. The fraction of sp³-hybridized carbons (Fsp3) is 0.529. The van der Waals surface area contributed by atoms with Gasteiger partial charge in [0.25, 0.3) is 0 Å². The molecular formula is C17H25Cl2N. The summed E-state index contributed by atoms with van der Waals surface area (Å²) in [5.41, 5.74) is 1.21. The van der Waals surface area contributed by atoms with Crippen molar-refractivity contribution in [2.24, 2.45) is 0 Å². The molecule has 20 heavy (non-hydrogen) atoms. The average Bonchev–Trinajstić information content (AvgIpc) is 2.38. The largest absolute Gasteiger partial charge is 0.311 e. The number of hydrogen-bond acceptors (Lipinski definition) is 1. The second-order valence-electron chi connectivity index (χ2n) is 5.40. The first-order valence-electron chi connectivity index (χ1n) is 7.50. The molecule has 0 atom stereocenters. The van der Waals surface area contributed by atoms with Gasteiger partial charge in [0.1, 0.15) is 0 Å². The van der Waals surface area contributed by atoms with Gasteiger partial charge in [0.2, 0.25) is 0 Å². The van der Waals surface area contributed by atoms with Gasteiger partial charge in [-0.15, -0.1) is 12.4 Å². The molecule has 0 amide bonds. The van der Waals surface area contributed by atoms with Crippen molar-refractivity contribution in [2.75, 3.05) is 6.54 Å². The van der Waals surface area contributed by atoms with E-state index in [9.17, 15) is 0 Å². The Kier molecular flexibility index (Phi) is 9.00. The van der Waals surface area contributed by atoms with Gasteiger partial charge in [-0.25, -0.2) is 0 Å². The maximum absolute atomic E-state index is 5.87. The Morgan fingerprint density at radius 2 is 1.60 bits per heavy atom. The van der Waals surface area contributed by atoms with Gasteiger partial charge in [0.05, 0.1) is 0 Å². The van der Waals surface area contributed by atoms with Crippen LogP contribution in [0.15, 0.2) is 30.3 Å². The maximum atomic E-state index is 5.87. The van der Waals surface area contributed by atoms with Crippen LogP contribution in [-0.2, 0) is 0 Å². The summed E-state index contributed by atoms with van der Waals surface area (Å²) < 4.78 is 0. The molecule has 1 fully saturated rings. The zero-order chi connectivity index (χ0) is 13.3. The molecule has 1 N–H and O–H groups in total. The Morgan fingerprint density at radius 3 is 2.25 bits per heavy atom. The van der Waals surface area contributed by atoms with Crippen molar-refractivity contribution in [2.45, 2.75) is 51.0 Å². The fourth-order valence-corrected chi connectivity index (χ4v) is 2.79. The quantitative estimate of drug-likeness (QED) is 0.776. The predicted octanol–water partition coefficient (Wildman–Crippen LogP) is 5.48. The van der Waals surface area contributed by atoms with Gasteiger partial charge in [-0.2, -0.15) is 0 Å². The molecule has 0 aromatic heterocycles. The normalized spacial score (nSPS) is 17.4. The van der Waals surface area contributed by atoms with Crippen LogP contribution >= 0.6 is 24.0 Å². The van der Waals surface area contributed by atoms with E-state index in [1.807, 2.05) is 12.1 Å². The Labute approximate surface area is 134 Å². The minimum Gasteiger partial charge on any atom is -0.311 e. The maximum Gasteiger partial charge on any atom is 0.0406 e. The summed E-state index contributed by atoms with van der Waals surface area (Å²) in [7, 11) is 0. The molecule has 1 saturated carbocycles. The highest BCUT2D eigenvalue weighted by Gasteiger charge is 2.09. The molecule has 0 spiro atoms. The van der Waals surface area contributed by atoms with Crippen LogP contribution in [0, 0.1) is 0 Å². The van der Waals surface area contributed by atoms with Crippen LogP contribution in [0.3, 0.4) is 0 Å². The summed E-state index contributed by atoms with van der Waals surface area (Å²) in [4.78, 5) is 0. The molecule has 0 radical (unpaired) electrons. The zero-order valence-corrected chi connectivity index (χ0v) is 13.6. The van der Waals surface area contributed by atoms with E-state index in [1.54, 1.807) is 0 Å². The molecule has 0 bridgehead atoms. The van der Waals surface area contributed by atoms with E-state index in [2.05, 4.69) is 29.6 Å². The molecule has 1 nitrogen and oxygen atoms in total. The first kappa shape index (κ1) is 17.6. The van der Waals surface area contributed by atoms with Crippen LogP contribution < -0.4 is 5.32 Å². The van der Waals surface area contributed by atoms with E-state index in [4.69, 9.17) is 11.6 Å². The van der Waals surface area contributed by atoms with Crippen LogP contribution in [0.4, 0.5) is 0 Å². The molecule has 2 rings (SSSR count). The van der Waals surface area contributed by atoms with Crippen molar-refractivity contribution in [1.82, 2.24) is 5.32 Å². The lowest BCUT2D eigenvalue weighted by atomic mass is 9.97. The number of benzene rings is 1. The number of halogens is 2. The monoisotopic (exact) mass is 313 g/mol.